The molecule has 0 bridgehead atoms. The van der Waals surface area contributed by atoms with Gasteiger partial charge in [-0.25, -0.2) is 0 Å². The number of para-hydroxylation sites is 1. The summed E-state index contributed by atoms with van der Waals surface area (Å²) in [5, 5.41) is 9.89. The topological polar surface area (TPSA) is 88.2 Å². The Bertz CT molecular complexity index is 743. The number of amides is 1. The Hall–Kier alpha value is -2.70. The Labute approximate surface area is 126 Å². The third kappa shape index (κ3) is 1.97. The van der Waals surface area contributed by atoms with Crippen LogP contribution in [0.15, 0.2) is 30.5 Å². The van der Waals surface area contributed by atoms with Crippen LogP contribution in [-0.2, 0) is 0 Å². The molecule has 2 aliphatic rings. The molecule has 22 heavy (non-hydrogen) atoms. The van der Waals surface area contributed by atoms with Crippen molar-refractivity contribution in [3.63, 3.8) is 0 Å². The van der Waals surface area contributed by atoms with Crippen LogP contribution in [0.5, 0.6) is 5.75 Å². The average molecular weight is 298 g/mol. The molecule has 0 aliphatic carbocycles. The van der Waals surface area contributed by atoms with E-state index in [-0.39, 0.29) is 17.4 Å². The van der Waals surface area contributed by atoms with Gasteiger partial charge in [-0.15, -0.1) is 0 Å². The molecule has 1 spiro atoms. The van der Waals surface area contributed by atoms with Crippen molar-refractivity contribution in [2.75, 3.05) is 13.1 Å². The number of nitrogens with zero attached hydrogens (tertiary/aromatic N) is 3. The van der Waals surface area contributed by atoms with Gasteiger partial charge in [-0.3, -0.25) is 9.59 Å². The molecule has 3 heterocycles. The number of rotatable bonds is 1. The molecule has 1 aromatic carbocycles. The van der Waals surface area contributed by atoms with E-state index in [2.05, 4.69) is 15.4 Å². The van der Waals surface area contributed by atoms with Gasteiger partial charge < -0.3 is 9.64 Å². The van der Waals surface area contributed by atoms with Crippen molar-refractivity contribution < 1.29 is 14.3 Å². The molecule has 112 valence electrons. The summed E-state index contributed by atoms with van der Waals surface area (Å²) in [6.45, 7) is 0.930. The van der Waals surface area contributed by atoms with Crippen LogP contribution in [0.1, 0.15) is 33.7 Å². The standard InChI is InChI=1S/C15H14N4O3/c20-12-7-15(22-13-4-2-1-3-10(12)13)5-6-19(9-15)14(21)11-8-16-18-17-11/h1-4,8H,5-7,9H2,(H,16,17,18). The molecule has 1 unspecified atom stereocenters. The van der Waals surface area contributed by atoms with Crippen molar-refractivity contribution in [2.24, 2.45) is 0 Å². The molecule has 1 aromatic heterocycles. The van der Waals surface area contributed by atoms with Gasteiger partial charge in [-0.05, 0) is 12.1 Å². The highest BCUT2D eigenvalue weighted by Gasteiger charge is 2.47. The number of hydrogen-bond acceptors (Lipinski definition) is 5. The van der Waals surface area contributed by atoms with Crippen LogP contribution in [0.25, 0.3) is 0 Å². The van der Waals surface area contributed by atoms with E-state index in [4.69, 9.17) is 4.74 Å². The Morgan fingerprint density at radius 2 is 2.23 bits per heavy atom. The maximum absolute atomic E-state index is 12.3. The number of aromatic nitrogens is 3. The number of Topliss-reactive ketones (excluding diaryl/α,β-unsaturated/α-hetero) is 1. The average Bonchev–Trinajstić information content (AvgIpc) is 3.17. The van der Waals surface area contributed by atoms with Crippen LogP contribution in [-0.4, -0.2) is 50.7 Å². The zero-order chi connectivity index (χ0) is 15.2. The number of ketones is 1. The monoisotopic (exact) mass is 298 g/mol. The molecule has 1 saturated heterocycles. The smallest absolute Gasteiger partial charge is 0.276 e. The summed E-state index contributed by atoms with van der Waals surface area (Å²) in [6.07, 6.45) is 2.33. The van der Waals surface area contributed by atoms with Crippen molar-refractivity contribution in [1.29, 1.82) is 0 Å². The number of aromatic amines is 1. The van der Waals surface area contributed by atoms with E-state index >= 15 is 0 Å². The lowest BCUT2D eigenvalue weighted by Gasteiger charge is -2.34. The quantitative estimate of drug-likeness (QED) is 0.850. The molecule has 0 saturated carbocycles. The molecule has 7 nitrogen and oxygen atoms in total. The second-order valence-corrected chi connectivity index (χ2v) is 5.71. The molecule has 1 atom stereocenters. The molecule has 4 rings (SSSR count). The van der Waals surface area contributed by atoms with E-state index in [1.54, 1.807) is 17.0 Å². The maximum atomic E-state index is 12.3. The van der Waals surface area contributed by atoms with Crippen LogP contribution >= 0.6 is 0 Å². The maximum Gasteiger partial charge on any atom is 0.276 e. The molecule has 1 amide bonds. The predicted octanol–water partition coefficient (Wildman–Crippen LogP) is 1.05. The van der Waals surface area contributed by atoms with Gasteiger partial charge in [-0.1, -0.05) is 12.1 Å². The Morgan fingerprint density at radius 3 is 3.05 bits per heavy atom. The number of carbonyl (C=O) groups is 2. The minimum absolute atomic E-state index is 0.0672. The second-order valence-electron chi connectivity index (χ2n) is 5.71. The molecule has 7 heteroatoms. The highest BCUT2D eigenvalue weighted by atomic mass is 16.5. The lowest BCUT2D eigenvalue weighted by Crippen LogP contribution is -2.45. The summed E-state index contributed by atoms with van der Waals surface area (Å²) in [4.78, 5) is 26.3. The molecule has 1 N–H and O–H groups in total. The second kappa shape index (κ2) is 4.66. The lowest BCUT2D eigenvalue weighted by molar-refractivity contribution is 0.0427. The largest absolute Gasteiger partial charge is 0.484 e. The Balaban J connectivity index is 1.58. The van der Waals surface area contributed by atoms with E-state index in [9.17, 15) is 9.59 Å². The van der Waals surface area contributed by atoms with Crippen molar-refractivity contribution in [1.82, 2.24) is 20.3 Å². The minimum atomic E-state index is -0.620. The number of carbonyl (C=O) groups excluding carboxylic acids is 2. The fourth-order valence-electron chi connectivity index (χ4n) is 3.16. The summed E-state index contributed by atoms with van der Waals surface area (Å²) >= 11 is 0. The third-order valence-electron chi connectivity index (χ3n) is 4.23. The SMILES string of the molecule is O=C1CC2(CCN(C(=O)c3cn[nH]n3)C2)Oc2ccccc21. The molecule has 1 fully saturated rings. The van der Waals surface area contributed by atoms with Crippen LogP contribution in [0, 0.1) is 0 Å². The normalized spacial score (nSPS) is 23.5. The third-order valence-corrected chi connectivity index (χ3v) is 4.23. The molecule has 0 radical (unpaired) electrons. The van der Waals surface area contributed by atoms with Crippen LogP contribution < -0.4 is 4.74 Å². The van der Waals surface area contributed by atoms with Gasteiger partial charge in [0.05, 0.1) is 24.7 Å². The highest BCUT2D eigenvalue weighted by molar-refractivity contribution is 6.00. The molecular formula is C15H14N4O3. The number of hydrogen-bond donors (Lipinski definition) is 1. The molecule has 2 aromatic rings. The van der Waals surface area contributed by atoms with Gasteiger partial charge in [0.2, 0.25) is 0 Å². The van der Waals surface area contributed by atoms with Gasteiger partial charge in [0.1, 0.15) is 11.4 Å². The van der Waals surface area contributed by atoms with Crippen LogP contribution in [0.3, 0.4) is 0 Å². The zero-order valence-corrected chi connectivity index (χ0v) is 11.8. The number of ether oxygens (including phenoxy) is 1. The Morgan fingerprint density at radius 1 is 1.36 bits per heavy atom. The summed E-state index contributed by atoms with van der Waals surface area (Å²) in [5.41, 5.74) is 0.277. The van der Waals surface area contributed by atoms with E-state index < -0.39 is 5.60 Å². The zero-order valence-electron chi connectivity index (χ0n) is 11.8. The Kier molecular flexibility index (Phi) is 2.75. The fraction of sp³-hybridized carbons (Fsp3) is 0.333. The number of nitrogens with one attached hydrogen (secondary N) is 1. The molecule has 2 aliphatic heterocycles. The van der Waals surface area contributed by atoms with Gasteiger partial charge in [0, 0.05) is 13.0 Å². The van der Waals surface area contributed by atoms with E-state index in [1.807, 2.05) is 12.1 Å². The summed E-state index contributed by atoms with van der Waals surface area (Å²) < 4.78 is 6.09. The van der Waals surface area contributed by atoms with E-state index in [0.717, 1.165) is 0 Å². The van der Waals surface area contributed by atoms with Crippen molar-refractivity contribution in [3.05, 3.63) is 41.7 Å². The number of fused-ring (bicyclic) bond motifs is 1. The van der Waals surface area contributed by atoms with Crippen LogP contribution in [0.4, 0.5) is 0 Å². The summed E-state index contributed by atoms with van der Waals surface area (Å²) in [7, 11) is 0. The van der Waals surface area contributed by atoms with Crippen LogP contribution in [0.2, 0.25) is 0 Å². The predicted molar refractivity (Wildman–Crippen MR) is 75.7 cm³/mol. The first-order valence-corrected chi connectivity index (χ1v) is 7.13. The minimum Gasteiger partial charge on any atom is -0.484 e. The molecular weight excluding hydrogens is 284 g/mol. The van der Waals surface area contributed by atoms with Crippen molar-refractivity contribution in [3.8, 4) is 5.75 Å². The number of H-pyrrole nitrogens is 1. The fourth-order valence-corrected chi connectivity index (χ4v) is 3.16. The van der Waals surface area contributed by atoms with E-state index in [0.29, 0.717) is 37.2 Å². The van der Waals surface area contributed by atoms with Gasteiger partial charge in [0.15, 0.2) is 11.5 Å². The summed E-state index contributed by atoms with van der Waals surface area (Å²) in [6, 6.07) is 7.25. The first-order valence-electron chi connectivity index (χ1n) is 7.13. The summed E-state index contributed by atoms with van der Waals surface area (Å²) in [5.74, 6) is 0.479. The van der Waals surface area contributed by atoms with Gasteiger partial charge in [0.25, 0.3) is 5.91 Å². The highest BCUT2D eigenvalue weighted by Crippen LogP contribution is 2.38. The van der Waals surface area contributed by atoms with Crippen molar-refractivity contribution in [2.45, 2.75) is 18.4 Å². The number of likely N-dealkylation sites (tertiary alicyclic amines) is 1. The first kappa shape index (κ1) is 13.0. The van der Waals surface area contributed by atoms with Crippen molar-refractivity contribution >= 4 is 11.7 Å². The lowest BCUT2D eigenvalue weighted by atomic mass is 9.89. The van der Waals surface area contributed by atoms with Gasteiger partial charge in [-0.2, -0.15) is 15.4 Å². The first-order chi connectivity index (χ1) is 10.7. The van der Waals surface area contributed by atoms with E-state index in [1.165, 1.54) is 6.20 Å². The van der Waals surface area contributed by atoms with Gasteiger partial charge >= 0.3 is 0 Å². The number of benzene rings is 1.